The Hall–Kier alpha value is -0.400. The van der Waals surface area contributed by atoms with Crippen molar-refractivity contribution in [3.63, 3.8) is 0 Å². The van der Waals surface area contributed by atoms with Crippen LogP contribution in [0.1, 0.15) is 46.1 Å². The average molecular weight is 316 g/mol. The number of alkyl halides is 1. The second-order valence-electron chi connectivity index (χ2n) is 6.26. The minimum Gasteiger partial charge on any atom is -0.371 e. The monoisotopic (exact) mass is 315 g/mol. The molecule has 0 aliphatic heterocycles. The Labute approximate surface area is 134 Å². The van der Waals surface area contributed by atoms with E-state index in [1.807, 2.05) is 6.07 Å². The van der Waals surface area contributed by atoms with E-state index < -0.39 is 0 Å². The van der Waals surface area contributed by atoms with Gasteiger partial charge in [0.25, 0.3) is 0 Å². The second-order valence-corrected chi connectivity index (χ2v) is 6.94. The van der Waals surface area contributed by atoms with Gasteiger partial charge in [0.2, 0.25) is 0 Å². The van der Waals surface area contributed by atoms with Crippen molar-refractivity contribution in [3.8, 4) is 0 Å². The summed E-state index contributed by atoms with van der Waals surface area (Å²) in [6.07, 6.45) is 2.40. The molecular weight excluding hydrogens is 289 g/mol. The Bertz CT molecular complexity index is 390. The topological polar surface area (TPSA) is 3.24 Å². The highest BCUT2D eigenvalue weighted by Gasteiger charge is 2.10. The van der Waals surface area contributed by atoms with Crippen LogP contribution in [0.5, 0.6) is 0 Å². The van der Waals surface area contributed by atoms with Gasteiger partial charge in [-0.25, -0.2) is 0 Å². The van der Waals surface area contributed by atoms with E-state index in [9.17, 15) is 0 Å². The standard InChI is InChI=1S/C17H27Cl2N/c1-13(2)7-9-20(10-8-14(3)4)16-6-5-15(12-18)17(19)11-16/h5-6,11,13-14H,7-10,12H2,1-4H3. The predicted molar refractivity (Wildman–Crippen MR) is 92.1 cm³/mol. The molecule has 0 aliphatic carbocycles. The molecule has 114 valence electrons. The van der Waals surface area contributed by atoms with E-state index >= 15 is 0 Å². The summed E-state index contributed by atoms with van der Waals surface area (Å²) in [5.41, 5.74) is 2.22. The van der Waals surface area contributed by atoms with Crippen LogP contribution < -0.4 is 4.90 Å². The molecule has 0 aromatic heterocycles. The van der Waals surface area contributed by atoms with Crippen LogP contribution in [0.15, 0.2) is 18.2 Å². The summed E-state index contributed by atoms with van der Waals surface area (Å²) < 4.78 is 0. The molecule has 1 aromatic carbocycles. The Balaban J connectivity index is 2.82. The molecule has 0 atom stereocenters. The van der Waals surface area contributed by atoms with E-state index in [1.54, 1.807) is 0 Å². The van der Waals surface area contributed by atoms with E-state index in [1.165, 1.54) is 18.5 Å². The highest BCUT2D eigenvalue weighted by molar-refractivity contribution is 6.32. The predicted octanol–water partition coefficient (Wildman–Crippen LogP) is 5.98. The average Bonchev–Trinajstić information content (AvgIpc) is 2.38. The molecule has 3 heteroatoms. The molecule has 0 saturated carbocycles. The molecule has 0 radical (unpaired) electrons. The molecule has 0 heterocycles. The minimum atomic E-state index is 0.469. The molecule has 0 fully saturated rings. The maximum Gasteiger partial charge on any atom is 0.0488 e. The summed E-state index contributed by atoms with van der Waals surface area (Å²) >= 11 is 12.2. The van der Waals surface area contributed by atoms with Crippen molar-refractivity contribution in [2.45, 2.75) is 46.4 Å². The van der Waals surface area contributed by atoms with E-state index in [0.717, 1.165) is 23.7 Å². The minimum absolute atomic E-state index is 0.469. The third-order valence-corrected chi connectivity index (χ3v) is 4.14. The van der Waals surface area contributed by atoms with Crippen LogP contribution in [0.3, 0.4) is 0 Å². The molecule has 0 saturated heterocycles. The summed E-state index contributed by atoms with van der Waals surface area (Å²) in [5, 5.41) is 0.775. The van der Waals surface area contributed by atoms with E-state index in [4.69, 9.17) is 23.2 Å². The van der Waals surface area contributed by atoms with Gasteiger partial charge in [0.1, 0.15) is 0 Å². The maximum absolute atomic E-state index is 6.29. The summed E-state index contributed by atoms with van der Waals surface area (Å²) in [6.45, 7) is 11.2. The van der Waals surface area contributed by atoms with Crippen molar-refractivity contribution in [2.24, 2.45) is 11.8 Å². The van der Waals surface area contributed by atoms with Crippen molar-refractivity contribution in [2.75, 3.05) is 18.0 Å². The van der Waals surface area contributed by atoms with Crippen LogP contribution in [0.4, 0.5) is 5.69 Å². The van der Waals surface area contributed by atoms with Crippen molar-refractivity contribution in [3.05, 3.63) is 28.8 Å². The van der Waals surface area contributed by atoms with Crippen LogP contribution in [-0.4, -0.2) is 13.1 Å². The zero-order chi connectivity index (χ0) is 15.1. The lowest BCUT2D eigenvalue weighted by Gasteiger charge is -2.27. The number of halogens is 2. The van der Waals surface area contributed by atoms with Crippen molar-refractivity contribution < 1.29 is 0 Å². The first-order chi connectivity index (χ1) is 9.43. The molecule has 0 aliphatic rings. The molecule has 1 rings (SSSR count). The second kappa shape index (κ2) is 8.79. The highest BCUT2D eigenvalue weighted by Crippen LogP contribution is 2.26. The lowest BCUT2D eigenvalue weighted by molar-refractivity contribution is 0.535. The number of rotatable bonds is 8. The zero-order valence-electron chi connectivity index (χ0n) is 13.1. The van der Waals surface area contributed by atoms with Crippen molar-refractivity contribution >= 4 is 28.9 Å². The fourth-order valence-corrected chi connectivity index (χ4v) is 2.58. The number of anilines is 1. The molecule has 20 heavy (non-hydrogen) atoms. The summed E-state index contributed by atoms with van der Waals surface area (Å²) in [5.74, 6) is 1.90. The van der Waals surface area contributed by atoms with Crippen LogP contribution >= 0.6 is 23.2 Å². The largest absolute Gasteiger partial charge is 0.371 e. The third-order valence-electron chi connectivity index (χ3n) is 3.50. The summed E-state index contributed by atoms with van der Waals surface area (Å²) in [6, 6.07) is 6.24. The van der Waals surface area contributed by atoms with Gasteiger partial charge in [-0.1, -0.05) is 45.4 Å². The molecular formula is C17H27Cl2N. The Morgan fingerprint density at radius 3 is 1.95 bits per heavy atom. The first-order valence-corrected chi connectivity index (χ1v) is 8.44. The van der Waals surface area contributed by atoms with E-state index in [-0.39, 0.29) is 0 Å². The van der Waals surface area contributed by atoms with Gasteiger partial charge in [-0.3, -0.25) is 0 Å². The van der Waals surface area contributed by atoms with Gasteiger partial charge in [-0.05, 0) is 42.4 Å². The molecule has 0 N–H and O–H groups in total. The fourth-order valence-electron chi connectivity index (χ4n) is 2.04. The van der Waals surface area contributed by atoms with Crippen LogP contribution in [0, 0.1) is 11.8 Å². The fraction of sp³-hybridized carbons (Fsp3) is 0.647. The van der Waals surface area contributed by atoms with Gasteiger partial charge in [0.15, 0.2) is 0 Å². The van der Waals surface area contributed by atoms with Gasteiger partial charge in [0, 0.05) is 29.7 Å². The van der Waals surface area contributed by atoms with Gasteiger partial charge in [0.05, 0.1) is 0 Å². The van der Waals surface area contributed by atoms with Crippen LogP contribution in [-0.2, 0) is 5.88 Å². The lowest BCUT2D eigenvalue weighted by Crippen LogP contribution is -2.27. The normalized spacial score (nSPS) is 11.4. The van der Waals surface area contributed by atoms with Gasteiger partial charge in [-0.15, -0.1) is 11.6 Å². The Morgan fingerprint density at radius 2 is 1.55 bits per heavy atom. The van der Waals surface area contributed by atoms with Crippen LogP contribution in [0.2, 0.25) is 5.02 Å². The maximum atomic E-state index is 6.29. The van der Waals surface area contributed by atoms with Gasteiger partial charge < -0.3 is 4.90 Å². The Morgan fingerprint density at radius 1 is 1.00 bits per heavy atom. The van der Waals surface area contributed by atoms with Crippen molar-refractivity contribution in [1.82, 2.24) is 0 Å². The molecule has 0 spiro atoms. The SMILES string of the molecule is CC(C)CCN(CCC(C)C)c1ccc(CCl)c(Cl)c1. The third kappa shape index (κ3) is 5.93. The number of hydrogen-bond acceptors (Lipinski definition) is 1. The molecule has 1 nitrogen and oxygen atoms in total. The highest BCUT2D eigenvalue weighted by atomic mass is 35.5. The molecule has 0 amide bonds. The smallest absolute Gasteiger partial charge is 0.0488 e. The quantitative estimate of drug-likeness (QED) is 0.533. The number of nitrogens with zero attached hydrogens (tertiary/aromatic N) is 1. The van der Waals surface area contributed by atoms with E-state index in [0.29, 0.717) is 17.7 Å². The molecule has 0 bridgehead atoms. The first-order valence-electron chi connectivity index (χ1n) is 7.53. The van der Waals surface area contributed by atoms with Crippen molar-refractivity contribution in [1.29, 1.82) is 0 Å². The van der Waals surface area contributed by atoms with E-state index in [2.05, 4.69) is 44.7 Å². The van der Waals surface area contributed by atoms with Gasteiger partial charge in [-0.2, -0.15) is 0 Å². The Kier molecular flexibility index (Phi) is 7.76. The zero-order valence-corrected chi connectivity index (χ0v) is 14.6. The molecule has 0 unspecified atom stereocenters. The first kappa shape index (κ1) is 17.7. The van der Waals surface area contributed by atoms with Gasteiger partial charge >= 0.3 is 0 Å². The summed E-state index contributed by atoms with van der Waals surface area (Å²) in [7, 11) is 0. The molecule has 1 aromatic rings. The van der Waals surface area contributed by atoms with Crippen LogP contribution in [0.25, 0.3) is 0 Å². The number of benzene rings is 1. The summed E-state index contributed by atoms with van der Waals surface area (Å²) in [4.78, 5) is 2.45. The number of hydrogen-bond donors (Lipinski definition) is 0. The lowest BCUT2D eigenvalue weighted by atomic mass is 10.1.